The number of amides is 1. The van der Waals surface area contributed by atoms with E-state index in [2.05, 4.69) is 24.3 Å². The third-order valence-electron chi connectivity index (χ3n) is 4.69. The van der Waals surface area contributed by atoms with Gasteiger partial charge in [-0.2, -0.15) is 13.2 Å². The van der Waals surface area contributed by atoms with Crippen LogP contribution in [0.1, 0.15) is 44.2 Å². The zero-order valence-corrected chi connectivity index (χ0v) is 16.6. The van der Waals surface area contributed by atoms with Crippen LogP contribution in [0.15, 0.2) is 29.4 Å². The first-order valence-corrected chi connectivity index (χ1v) is 9.50. The van der Waals surface area contributed by atoms with Gasteiger partial charge in [-0.15, -0.1) is 0 Å². The minimum Gasteiger partial charge on any atom is -0.391 e. The van der Waals surface area contributed by atoms with E-state index in [9.17, 15) is 18.0 Å². The highest BCUT2D eigenvalue weighted by molar-refractivity contribution is 5.88. The lowest BCUT2D eigenvalue weighted by molar-refractivity contribution is -0.137. The van der Waals surface area contributed by atoms with Gasteiger partial charge in [-0.1, -0.05) is 31.1 Å². The summed E-state index contributed by atoms with van der Waals surface area (Å²) < 4.78 is 38.2. The number of nitrogens with zero attached hydrogens (tertiary/aromatic N) is 2. The number of alkyl halides is 3. The van der Waals surface area contributed by atoms with Crippen LogP contribution in [0, 0.1) is 5.92 Å². The minimum atomic E-state index is -4.37. The van der Waals surface area contributed by atoms with Crippen molar-refractivity contribution in [1.82, 2.24) is 10.2 Å². The van der Waals surface area contributed by atoms with Gasteiger partial charge in [0.05, 0.1) is 17.3 Å². The summed E-state index contributed by atoms with van der Waals surface area (Å²) in [6, 6.07) is 4.83. The number of halogens is 3. The molecule has 0 spiro atoms. The molecule has 1 aromatic rings. The summed E-state index contributed by atoms with van der Waals surface area (Å²) in [5.74, 6) is 0.521. The number of carbonyl (C=O) groups excluding carboxylic acids is 1. The summed E-state index contributed by atoms with van der Waals surface area (Å²) in [6.07, 6.45) is -2.38. The van der Waals surface area contributed by atoms with Gasteiger partial charge < -0.3 is 15.1 Å². The number of likely N-dealkylation sites (tertiary alicyclic amines) is 1. The number of carbonyl (C=O) groups is 1. The van der Waals surface area contributed by atoms with Crippen LogP contribution in [0.25, 0.3) is 0 Å². The molecule has 0 saturated carbocycles. The number of benzene rings is 1. The Bertz CT molecular complexity index is 680. The molecule has 2 rings (SSSR count). The van der Waals surface area contributed by atoms with Crippen LogP contribution in [0.3, 0.4) is 0 Å². The molecule has 5 nitrogen and oxygen atoms in total. The summed E-state index contributed by atoms with van der Waals surface area (Å²) in [6.45, 7) is 5.29. The van der Waals surface area contributed by atoms with E-state index >= 15 is 0 Å². The number of likely N-dealkylation sites (N-methyl/N-ethyl adjacent to an activating group) is 1. The van der Waals surface area contributed by atoms with Crippen molar-refractivity contribution in [2.45, 2.75) is 51.9 Å². The van der Waals surface area contributed by atoms with E-state index in [4.69, 9.17) is 4.84 Å². The largest absolute Gasteiger partial charge is 0.416 e. The molecule has 1 saturated heterocycles. The molecule has 0 bridgehead atoms. The Morgan fingerprint density at radius 2 is 1.96 bits per heavy atom. The normalized spacial score (nSPS) is 16.2. The third kappa shape index (κ3) is 6.51. The van der Waals surface area contributed by atoms with Crippen molar-refractivity contribution >= 4 is 11.6 Å². The SMILES string of the molecule is CN[C@@H](CC(C)C)C(=O)N1CCC(=NOCc2cccc(C(F)(F)F)c2)CC1. The lowest BCUT2D eigenvalue weighted by atomic mass is 10.0. The van der Waals surface area contributed by atoms with E-state index < -0.39 is 11.7 Å². The van der Waals surface area contributed by atoms with Gasteiger partial charge in [-0.05, 0) is 37.1 Å². The fourth-order valence-corrected chi connectivity index (χ4v) is 3.15. The van der Waals surface area contributed by atoms with Crippen LogP contribution in [-0.4, -0.2) is 42.7 Å². The minimum absolute atomic E-state index is 0.0215. The first-order valence-electron chi connectivity index (χ1n) is 9.50. The maximum absolute atomic E-state index is 12.7. The Labute approximate surface area is 163 Å². The van der Waals surface area contributed by atoms with Crippen LogP contribution >= 0.6 is 0 Å². The van der Waals surface area contributed by atoms with Gasteiger partial charge >= 0.3 is 6.18 Å². The quantitative estimate of drug-likeness (QED) is 0.709. The zero-order valence-electron chi connectivity index (χ0n) is 16.6. The molecule has 0 aliphatic carbocycles. The first kappa shape index (κ1) is 22.2. The number of rotatable bonds is 7. The Kier molecular flexibility index (Phi) is 7.86. The molecule has 1 atom stereocenters. The monoisotopic (exact) mass is 399 g/mol. The van der Waals surface area contributed by atoms with Crippen LogP contribution in [0.4, 0.5) is 13.2 Å². The van der Waals surface area contributed by atoms with Crippen LogP contribution in [-0.2, 0) is 22.4 Å². The van der Waals surface area contributed by atoms with E-state index in [0.717, 1.165) is 24.3 Å². The Hall–Kier alpha value is -2.09. The van der Waals surface area contributed by atoms with Crippen molar-refractivity contribution in [3.8, 4) is 0 Å². The van der Waals surface area contributed by atoms with E-state index in [-0.39, 0.29) is 18.6 Å². The Balaban J connectivity index is 1.83. The van der Waals surface area contributed by atoms with Gasteiger partial charge in [0.25, 0.3) is 0 Å². The highest BCUT2D eigenvalue weighted by atomic mass is 19.4. The Morgan fingerprint density at radius 3 is 2.54 bits per heavy atom. The van der Waals surface area contributed by atoms with Crippen LogP contribution in [0.2, 0.25) is 0 Å². The fourth-order valence-electron chi connectivity index (χ4n) is 3.15. The lowest BCUT2D eigenvalue weighted by Gasteiger charge is -2.31. The summed E-state index contributed by atoms with van der Waals surface area (Å²) in [7, 11) is 1.80. The molecular weight excluding hydrogens is 371 g/mol. The average molecular weight is 399 g/mol. The molecule has 1 aromatic carbocycles. The lowest BCUT2D eigenvalue weighted by Crippen LogP contribution is -2.48. The van der Waals surface area contributed by atoms with Gasteiger partial charge in [0.1, 0.15) is 6.61 Å². The van der Waals surface area contributed by atoms with Gasteiger partial charge in [-0.3, -0.25) is 4.79 Å². The molecule has 28 heavy (non-hydrogen) atoms. The molecule has 1 fully saturated rings. The van der Waals surface area contributed by atoms with Gasteiger partial charge in [-0.25, -0.2) is 0 Å². The molecule has 1 aliphatic heterocycles. The number of nitrogens with one attached hydrogen (secondary N) is 1. The molecule has 0 radical (unpaired) electrons. The second-order valence-corrected chi connectivity index (χ2v) is 7.43. The first-order chi connectivity index (χ1) is 13.2. The molecule has 1 N–H and O–H groups in total. The number of hydrogen-bond donors (Lipinski definition) is 1. The van der Waals surface area contributed by atoms with E-state index in [1.807, 2.05) is 4.90 Å². The van der Waals surface area contributed by atoms with Crippen molar-refractivity contribution in [2.75, 3.05) is 20.1 Å². The second kappa shape index (κ2) is 9.91. The van der Waals surface area contributed by atoms with Gasteiger partial charge in [0, 0.05) is 25.9 Å². The van der Waals surface area contributed by atoms with Crippen LogP contribution < -0.4 is 5.32 Å². The number of oxime groups is 1. The number of piperidine rings is 1. The molecule has 8 heteroatoms. The van der Waals surface area contributed by atoms with E-state index in [1.165, 1.54) is 6.07 Å². The molecule has 0 aromatic heterocycles. The smallest absolute Gasteiger partial charge is 0.391 e. The predicted molar refractivity (Wildman–Crippen MR) is 102 cm³/mol. The molecule has 1 heterocycles. The summed E-state index contributed by atoms with van der Waals surface area (Å²) in [5, 5.41) is 7.14. The maximum atomic E-state index is 12.7. The van der Waals surface area contributed by atoms with Gasteiger partial charge in [0.15, 0.2) is 0 Å². The standard InChI is InChI=1S/C20H28F3N3O2/c1-14(2)11-18(24-3)19(27)26-9-7-17(8-10-26)25-28-13-15-5-4-6-16(12-15)20(21,22)23/h4-6,12,14,18,24H,7-11,13H2,1-3H3/t18-/m0/s1. The number of hydrogen-bond acceptors (Lipinski definition) is 4. The van der Waals surface area contributed by atoms with E-state index in [1.54, 1.807) is 13.1 Å². The topological polar surface area (TPSA) is 53.9 Å². The van der Waals surface area contributed by atoms with Crippen LogP contribution in [0.5, 0.6) is 0 Å². The predicted octanol–water partition coefficient (Wildman–Crippen LogP) is 3.83. The molecular formula is C20H28F3N3O2. The van der Waals surface area contributed by atoms with Crippen molar-refractivity contribution < 1.29 is 22.8 Å². The summed E-state index contributed by atoms with van der Waals surface area (Å²) in [5.41, 5.74) is 0.534. The fraction of sp³-hybridized carbons (Fsp3) is 0.600. The molecule has 1 aliphatic rings. The van der Waals surface area contributed by atoms with Crippen molar-refractivity contribution in [3.05, 3.63) is 35.4 Å². The maximum Gasteiger partial charge on any atom is 0.416 e. The Morgan fingerprint density at radius 1 is 1.29 bits per heavy atom. The zero-order chi connectivity index (χ0) is 20.7. The average Bonchev–Trinajstić information content (AvgIpc) is 2.65. The van der Waals surface area contributed by atoms with Crippen molar-refractivity contribution in [3.63, 3.8) is 0 Å². The highest BCUT2D eigenvalue weighted by Crippen LogP contribution is 2.29. The van der Waals surface area contributed by atoms with Crippen molar-refractivity contribution in [2.24, 2.45) is 11.1 Å². The molecule has 156 valence electrons. The second-order valence-electron chi connectivity index (χ2n) is 7.43. The summed E-state index contributed by atoms with van der Waals surface area (Å²) >= 11 is 0. The third-order valence-corrected chi connectivity index (χ3v) is 4.69. The van der Waals surface area contributed by atoms with Gasteiger partial charge in [0.2, 0.25) is 5.91 Å². The summed E-state index contributed by atoms with van der Waals surface area (Å²) in [4.78, 5) is 19.7. The highest BCUT2D eigenvalue weighted by Gasteiger charge is 2.30. The molecule has 1 amide bonds. The van der Waals surface area contributed by atoms with E-state index in [0.29, 0.717) is 37.4 Å². The van der Waals surface area contributed by atoms with Crippen molar-refractivity contribution in [1.29, 1.82) is 0 Å². The molecule has 0 unspecified atom stereocenters.